The summed E-state index contributed by atoms with van der Waals surface area (Å²) in [6.45, 7) is -4.57. The highest BCUT2D eigenvalue weighted by molar-refractivity contribution is 8.07. The van der Waals surface area contributed by atoms with Crippen LogP contribution in [0.1, 0.15) is 12.5 Å². The average Bonchev–Trinajstić information content (AvgIpc) is 3.71. The van der Waals surface area contributed by atoms with Gasteiger partial charge in [-0.25, -0.2) is 9.97 Å². The fourth-order valence-corrected chi connectivity index (χ4v) is 8.04. The lowest BCUT2D eigenvalue weighted by molar-refractivity contribution is -0.0499. The highest BCUT2D eigenvalue weighted by Crippen LogP contribution is 2.51. The average molecular weight is 673 g/mol. The Bertz CT molecular complexity index is 1900. The quantitative estimate of drug-likeness (QED) is 0.111. The summed E-state index contributed by atoms with van der Waals surface area (Å²) in [6, 6.07) is 0. The number of aliphatic hydroxyl groups is 2. The molecule has 3 saturated heterocycles. The summed E-state index contributed by atoms with van der Waals surface area (Å²) >= 11 is 5.25. The molecule has 10 atom stereocenters. The van der Waals surface area contributed by atoms with E-state index in [0.717, 1.165) is 0 Å². The third kappa shape index (κ3) is 5.13. The molecule has 2 bridgehead atoms. The molecular weight excluding hydrogens is 646 g/mol. The fraction of sp³-hybridized carbons (Fsp3) is 0.524. The SMILES string of the molecule is Nc1nc2c(ncn2[C@@H]2O[C@@H]3COPC[C@@H]4[C@H](O)[C@@H](COP(O)(=S)O[C@H]3[C@H]2O)O[C@H]4n2cnc3c(=O)[nH]c(N)nc32)c(=O)[nH]1. The molecule has 4 aromatic rings. The van der Waals surface area contributed by atoms with Crippen molar-refractivity contribution < 1.29 is 38.2 Å². The number of nitrogens with zero attached hydrogens (tertiary/aromatic N) is 6. The molecule has 0 amide bonds. The number of aromatic amines is 2. The number of rotatable bonds is 2. The van der Waals surface area contributed by atoms with E-state index >= 15 is 0 Å². The number of nitrogen functional groups attached to an aromatic ring is 2. The first kappa shape index (κ1) is 29.8. The van der Waals surface area contributed by atoms with Gasteiger partial charge < -0.3 is 45.1 Å². The maximum atomic E-state index is 12.3. The van der Waals surface area contributed by atoms with Crippen molar-refractivity contribution in [1.82, 2.24) is 39.0 Å². The Labute approximate surface area is 251 Å². The number of anilines is 2. The Balaban J connectivity index is 1.16. The van der Waals surface area contributed by atoms with Crippen LogP contribution in [0.3, 0.4) is 0 Å². The van der Waals surface area contributed by atoms with Crippen LogP contribution < -0.4 is 22.6 Å². The summed E-state index contributed by atoms with van der Waals surface area (Å²) in [5, 5.41) is 22.4. The number of aliphatic hydroxyl groups excluding tert-OH is 2. The summed E-state index contributed by atoms with van der Waals surface area (Å²) in [5.41, 5.74) is 10.6. The largest absolute Gasteiger partial charge is 0.390 e. The molecule has 0 radical (unpaired) electrons. The zero-order valence-corrected chi connectivity index (χ0v) is 25.0. The van der Waals surface area contributed by atoms with Crippen molar-refractivity contribution in [2.24, 2.45) is 5.92 Å². The highest BCUT2D eigenvalue weighted by Gasteiger charge is 2.50. The van der Waals surface area contributed by atoms with Crippen LogP contribution in [-0.2, 0) is 34.9 Å². The molecule has 23 heteroatoms. The number of aromatic nitrogens is 8. The van der Waals surface area contributed by atoms with Gasteiger partial charge in [0.2, 0.25) is 11.9 Å². The van der Waals surface area contributed by atoms with E-state index in [1.54, 1.807) is 0 Å². The zero-order valence-electron chi connectivity index (χ0n) is 22.3. The Morgan fingerprint density at radius 1 is 0.932 bits per heavy atom. The van der Waals surface area contributed by atoms with Gasteiger partial charge >= 0.3 is 6.72 Å². The van der Waals surface area contributed by atoms with Gasteiger partial charge in [0.05, 0.1) is 32.0 Å². The van der Waals surface area contributed by atoms with Crippen LogP contribution in [0, 0.1) is 5.92 Å². The topological polar surface area (TPSA) is 286 Å². The number of nitrogens with one attached hydrogen (secondary N) is 2. The molecule has 3 aliphatic rings. The van der Waals surface area contributed by atoms with E-state index in [0.29, 0.717) is 0 Å². The van der Waals surface area contributed by atoms with Gasteiger partial charge in [0, 0.05) is 14.7 Å². The van der Waals surface area contributed by atoms with Crippen LogP contribution >= 0.6 is 15.5 Å². The molecule has 44 heavy (non-hydrogen) atoms. The van der Waals surface area contributed by atoms with Gasteiger partial charge in [-0.1, -0.05) is 0 Å². The summed E-state index contributed by atoms with van der Waals surface area (Å²) in [6.07, 6.45) is -4.80. The van der Waals surface area contributed by atoms with Crippen LogP contribution in [-0.4, -0.2) is 104 Å². The van der Waals surface area contributed by atoms with Gasteiger partial charge in [0.1, 0.15) is 30.6 Å². The van der Waals surface area contributed by atoms with Gasteiger partial charge in [-0.2, -0.15) is 9.97 Å². The maximum Gasteiger partial charge on any atom is 0.325 e. The molecule has 3 aliphatic heterocycles. The van der Waals surface area contributed by atoms with Gasteiger partial charge in [0.15, 0.2) is 28.6 Å². The molecule has 0 aromatic carbocycles. The van der Waals surface area contributed by atoms with Crippen molar-refractivity contribution in [1.29, 1.82) is 0 Å². The first-order valence-electron chi connectivity index (χ1n) is 13.1. The van der Waals surface area contributed by atoms with Gasteiger partial charge in [0.25, 0.3) is 11.1 Å². The summed E-state index contributed by atoms with van der Waals surface area (Å²) in [7, 11) is -0.200. The Kier molecular flexibility index (Phi) is 7.54. The molecule has 236 valence electrons. The van der Waals surface area contributed by atoms with Gasteiger partial charge in [-0.15, -0.1) is 0 Å². The van der Waals surface area contributed by atoms with E-state index in [1.807, 2.05) is 0 Å². The van der Waals surface area contributed by atoms with E-state index < -0.39 is 66.7 Å². The van der Waals surface area contributed by atoms with Crippen molar-refractivity contribution in [3.05, 3.63) is 33.4 Å². The number of nitrogens with two attached hydrogens (primary N) is 2. The zero-order chi connectivity index (χ0) is 30.9. The van der Waals surface area contributed by atoms with Crippen molar-refractivity contribution in [2.75, 3.05) is 30.8 Å². The standard InChI is InChI=1S/C21H26N10O10P2S/c22-20-26-14-9(16(34)28-20)24-4-30(14)18-6-3-42-37-1-8-13(41-43(36,44)38-2-7(39-18)11(6)32)12(33)19(40-8)31-5-25-10-15(31)27-21(23)29-17(10)35/h4-8,11-13,18-19,32-33,42H,1-3H2,(H,36,44)(H3,22,26,28,34)(H3,23,27,29,35)/t6-,7-,8-,11+,12-,13-,18-,19-,43?/m1/s1. The minimum Gasteiger partial charge on any atom is -0.390 e. The predicted octanol–water partition coefficient (Wildman–Crippen LogP) is -2.21. The van der Waals surface area contributed by atoms with Crippen LogP contribution in [0.25, 0.3) is 22.3 Å². The second kappa shape index (κ2) is 11.1. The van der Waals surface area contributed by atoms with Gasteiger partial charge in [-0.3, -0.25) is 33.2 Å². The Hall–Kier alpha value is -2.94. The Morgan fingerprint density at radius 2 is 1.52 bits per heavy atom. The highest BCUT2D eigenvalue weighted by atomic mass is 32.5. The molecule has 7 heterocycles. The van der Waals surface area contributed by atoms with Crippen LogP contribution in [0.4, 0.5) is 11.9 Å². The monoisotopic (exact) mass is 672 g/mol. The summed E-state index contributed by atoms with van der Waals surface area (Å²) in [5.74, 6) is -0.872. The third-order valence-corrected chi connectivity index (χ3v) is 10.2. The fourth-order valence-electron chi connectivity index (χ4n) is 5.56. The molecule has 9 N–H and O–H groups in total. The molecule has 3 fully saturated rings. The lowest BCUT2D eigenvalue weighted by Crippen LogP contribution is -2.36. The summed E-state index contributed by atoms with van der Waals surface area (Å²) in [4.78, 5) is 56.8. The molecule has 0 spiro atoms. The van der Waals surface area contributed by atoms with E-state index in [9.17, 15) is 24.7 Å². The summed E-state index contributed by atoms with van der Waals surface area (Å²) < 4.78 is 32.3. The van der Waals surface area contributed by atoms with Gasteiger partial charge in [-0.05, 0) is 18.0 Å². The van der Waals surface area contributed by atoms with E-state index in [1.165, 1.54) is 21.8 Å². The minimum absolute atomic E-state index is 0.0249. The molecule has 20 nitrogen and oxygen atoms in total. The molecule has 4 aromatic heterocycles. The molecular formula is C21H26N10O10P2S. The van der Waals surface area contributed by atoms with Crippen molar-refractivity contribution in [3.8, 4) is 0 Å². The van der Waals surface area contributed by atoms with Crippen molar-refractivity contribution >= 4 is 61.6 Å². The number of H-pyrrole nitrogens is 2. The van der Waals surface area contributed by atoms with E-state index in [4.69, 9.17) is 46.3 Å². The van der Waals surface area contributed by atoms with Crippen LogP contribution in [0.15, 0.2) is 22.2 Å². The van der Waals surface area contributed by atoms with Crippen LogP contribution in [0.5, 0.6) is 0 Å². The normalized spacial score (nSPS) is 35.4. The number of fused-ring (bicyclic) bond motifs is 5. The smallest absolute Gasteiger partial charge is 0.325 e. The number of hydrogen-bond acceptors (Lipinski definition) is 16. The first-order valence-corrected chi connectivity index (χ1v) is 16.8. The lowest BCUT2D eigenvalue weighted by Gasteiger charge is -2.26. The second-order valence-corrected chi connectivity index (χ2v) is 14.1. The predicted molar refractivity (Wildman–Crippen MR) is 155 cm³/mol. The van der Waals surface area contributed by atoms with E-state index in [2.05, 4.69) is 29.9 Å². The number of ether oxygens (including phenoxy) is 2. The first-order chi connectivity index (χ1) is 21.0. The van der Waals surface area contributed by atoms with Crippen LogP contribution in [0.2, 0.25) is 0 Å². The third-order valence-electron chi connectivity index (χ3n) is 7.58. The minimum atomic E-state index is -4.08. The van der Waals surface area contributed by atoms with E-state index in [-0.39, 0.29) is 62.4 Å². The molecule has 2 unspecified atom stereocenters. The Morgan fingerprint density at radius 3 is 2.16 bits per heavy atom. The number of hydrogen-bond donors (Lipinski definition) is 7. The molecule has 0 saturated carbocycles. The lowest BCUT2D eigenvalue weighted by atomic mass is 10.0. The molecule has 7 rings (SSSR count). The van der Waals surface area contributed by atoms with Crippen molar-refractivity contribution in [3.63, 3.8) is 0 Å². The maximum absolute atomic E-state index is 12.3. The number of imidazole rings is 2. The van der Waals surface area contributed by atoms with Crippen molar-refractivity contribution in [2.45, 2.75) is 43.0 Å². The second-order valence-electron chi connectivity index (χ2n) is 10.3. The molecule has 0 aliphatic carbocycles.